The molecule has 0 unspecified atom stereocenters. The van der Waals surface area contributed by atoms with Crippen LogP contribution in [-0.2, 0) is 0 Å². The molecular weight excluding hydrogens is 242 g/mol. The van der Waals surface area contributed by atoms with E-state index >= 15 is 0 Å². The average molecular weight is 258 g/mol. The minimum Gasteiger partial charge on any atom is -0.377 e. The Labute approximate surface area is 105 Å². The Morgan fingerprint density at radius 2 is 2.12 bits per heavy atom. The molecule has 0 aliphatic rings. The van der Waals surface area contributed by atoms with Crippen molar-refractivity contribution in [3.8, 4) is 0 Å². The first-order valence-electron chi connectivity index (χ1n) is 5.54. The van der Waals surface area contributed by atoms with Gasteiger partial charge >= 0.3 is 0 Å². The molecule has 0 fully saturated rings. The summed E-state index contributed by atoms with van der Waals surface area (Å²) in [6.45, 7) is 4.37. The first-order chi connectivity index (χ1) is 8.16. The Hall–Kier alpha value is -1.33. The molecule has 1 aromatic rings. The lowest BCUT2D eigenvalue weighted by Crippen LogP contribution is -2.23. The average Bonchev–Trinajstić information content (AvgIpc) is 2.30. The first kappa shape index (κ1) is 13.7. The number of benzene rings is 1. The van der Waals surface area contributed by atoms with E-state index in [9.17, 15) is 10.1 Å². The molecule has 0 atom stereocenters. The van der Waals surface area contributed by atoms with Gasteiger partial charge in [-0.1, -0.05) is 24.6 Å². The zero-order valence-corrected chi connectivity index (χ0v) is 10.5. The van der Waals surface area contributed by atoms with Gasteiger partial charge < -0.3 is 10.6 Å². The summed E-state index contributed by atoms with van der Waals surface area (Å²) in [6, 6.07) is 4.64. The van der Waals surface area contributed by atoms with Crippen molar-refractivity contribution >= 4 is 23.0 Å². The van der Waals surface area contributed by atoms with Crippen molar-refractivity contribution in [2.24, 2.45) is 0 Å². The van der Waals surface area contributed by atoms with Crippen LogP contribution in [0, 0.1) is 10.1 Å². The van der Waals surface area contributed by atoms with Gasteiger partial charge in [0, 0.05) is 19.2 Å². The van der Waals surface area contributed by atoms with Crippen LogP contribution in [0.15, 0.2) is 18.2 Å². The van der Waals surface area contributed by atoms with E-state index < -0.39 is 4.92 Å². The van der Waals surface area contributed by atoms with Crippen LogP contribution < -0.4 is 10.6 Å². The lowest BCUT2D eigenvalue weighted by molar-refractivity contribution is -0.383. The predicted molar refractivity (Wildman–Crippen MR) is 69.8 cm³/mol. The Kier molecular flexibility index (Phi) is 5.72. The van der Waals surface area contributed by atoms with Gasteiger partial charge in [0.15, 0.2) is 0 Å². The molecule has 17 heavy (non-hydrogen) atoms. The molecule has 5 nitrogen and oxygen atoms in total. The highest BCUT2D eigenvalue weighted by Gasteiger charge is 2.15. The smallest absolute Gasteiger partial charge is 0.293 e. The van der Waals surface area contributed by atoms with Gasteiger partial charge in [0.2, 0.25) is 0 Å². The highest BCUT2D eigenvalue weighted by atomic mass is 35.5. The Morgan fingerprint density at radius 1 is 1.35 bits per heavy atom. The van der Waals surface area contributed by atoms with Gasteiger partial charge in [-0.05, 0) is 19.0 Å². The standard InChI is InChI=1S/C11H16ClN3O2/c1-2-6-13-7-8-14-11-9(12)4-3-5-10(11)15(16)17/h3-5,13-14H,2,6-8H2,1H3. The second-order valence-corrected chi connectivity index (χ2v) is 3.98. The van der Waals surface area contributed by atoms with E-state index in [1.807, 2.05) is 0 Å². The molecule has 1 aromatic carbocycles. The number of hydrogen-bond donors (Lipinski definition) is 2. The van der Waals surface area contributed by atoms with Crippen molar-refractivity contribution in [3.05, 3.63) is 33.3 Å². The minimum absolute atomic E-state index is 0.00740. The van der Waals surface area contributed by atoms with E-state index in [1.54, 1.807) is 12.1 Å². The predicted octanol–water partition coefficient (Wildman–Crippen LogP) is 2.66. The quantitative estimate of drug-likeness (QED) is 0.448. The van der Waals surface area contributed by atoms with Crippen LogP contribution >= 0.6 is 11.6 Å². The summed E-state index contributed by atoms with van der Waals surface area (Å²) >= 11 is 5.93. The van der Waals surface area contributed by atoms with E-state index in [1.165, 1.54) is 6.07 Å². The van der Waals surface area contributed by atoms with E-state index in [0.29, 0.717) is 17.3 Å². The number of nitrogens with zero attached hydrogens (tertiary/aromatic N) is 1. The van der Waals surface area contributed by atoms with Crippen LogP contribution in [0.2, 0.25) is 5.02 Å². The molecule has 0 spiro atoms. The molecule has 0 aromatic heterocycles. The maximum atomic E-state index is 10.8. The summed E-state index contributed by atoms with van der Waals surface area (Å²) in [6.07, 6.45) is 1.06. The normalized spacial score (nSPS) is 10.2. The van der Waals surface area contributed by atoms with Crippen LogP contribution in [0.4, 0.5) is 11.4 Å². The van der Waals surface area contributed by atoms with Crippen molar-refractivity contribution in [2.45, 2.75) is 13.3 Å². The van der Waals surface area contributed by atoms with Gasteiger partial charge in [-0.15, -0.1) is 0 Å². The maximum Gasteiger partial charge on any atom is 0.293 e. The highest BCUT2D eigenvalue weighted by molar-refractivity contribution is 6.33. The van der Waals surface area contributed by atoms with Crippen LogP contribution in [-0.4, -0.2) is 24.6 Å². The third kappa shape index (κ3) is 4.20. The molecule has 94 valence electrons. The molecule has 1 rings (SSSR count). The molecule has 0 bridgehead atoms. The number of nitro benzene ring substituents is 1. The van der Waals surface area contributed by atoms with Gasteiger partial charge in [-0.2, -0.15) is 0 Å². The van der Waals surface area contributed by atoms with Crippen molar-refractivity contribution in [2.75, 3.05) is 25.0 Å². The molecule has 0 amide bonds. The van der Waals surface area contributed by atoms with Crippen molar-refractivity contribution in [3.63, 3.8) is 0 Å². The Bertz CT molecular complexity index is 385. The summed E-state index contributed by atoms with van der Waals surface area (Å²) in [5.74, 6) is 0. The fourth-order valence-corrected chi connectivity index (χ4v) is 1.65. The Morgan fingerprint density at radius 3 is 2.76 bits per heavy atom. The van der Waals surface area contributed by atoms with E-state index in [0.717, 1.165) is 19.5 Å². The first-order valence-corrected chi connectivity index (χ1v) is 5.92. The van der Waals surface area contributed by atoms with Crippen LogP contribution in [0.1, 0.15) is 13.3 Å². The number of rotatable bonds is 7. The SMILES string of the molecule is CCCNCCNc1c(Cl)cccc1[N+](=O)[O-]. The Balaban J connectivity index is 2.60. The number of halogens is 1. The molecule has 0 saturated heterocycles. The van der Waals surface area contributed by atoms with Gasteiger partial charge in [-0.3, -0.25) is 10.1 Å². The third-order valence-corrected chi connectivity index (χ3v) is 2.53. The van der Waals surface area contributed by atoms with Crippen LogP contribution in [0.25, 0.3) is 0 Å². The highest BCUT2D eigenvalue weighted by Crippen LogP contribution is 2.31. The lowest BCUT2D eigenvalue weighted by atomic mass is 10.2. The molecule has 0 heterocycles. The van der Waals surface area contributed by atoms with Crippen molar-refractivity contribution < 1.29 is 4.92 Å². The summed E-state index contributed by atoms with van der Waals surface area (Å²) in [4.78, 5) is 10.4. The number of para-hydroxylation sites is 1. The molecular formula is C11H16ClN3O2. The topological polar surface area (TPSA) is 67.2 Å². The number of nitrogens with one attached hydrogen (secondary N) is 2. The third-order valence-electron chi connectivity index (χ3n) is 2.22. The summed E-state index contributed by atoms with van der Waals surface area (Å²) < 4.78 is 0. The molecule has 2 N–H and O–H groups in total. The summed E-state index contributed by atoms with van der Waals surface area (Å²) in [7, 11) is 0. The number of anilines is 1. The summed E-state index contributed by atoms with van der Waals surface area (Å²) in [5.41, 5.74) is 0.394. The van der Waals surface area contributed by atoms with E-state index in [4.69, 9.17) is 11.6 Å². The fraction of sp³-hybridized carbons (Fsp3) is 0.455. The van der Waals surface area contributed by atoms with Gasteiger partial charge in [0.05, 0.1) is 9.95 Å². The van der Waals surface area contributed by atoms with E-state index in [-0.39, 0.29) is 5.69 Å². The zero-order valence-electron chi connectivity index (χ0n) is 9.70. The fourth-order valence-electron chi connectivity index (χ4n) is 1.42. The van der Waals surface area contributed by atoms with Gasteiger partial charge in [0.1, 0.15) is 5.69 Å². The second kappa shape index (κ2) is 7.09. The van der Waals surface area contributed by atoms with Crippen LogP contribution in [0.3, 0.4) is 0 Å². The molecule has 0 aliphatic heterocycles. The molecule has 0 radical (unpaired) electrons. The minimum atomic E-state index is -0.437. The van der Waals surface area contributed by atoms with E-state index in [2.05, 4.69) is 17.6 Å². The molecule has 6 heteroatoms. The summed E-state index contributed by atoms with van der Waals surface area (Å²) in [5, 5.41) is 17.4. The van der Waals surface area contributed by atoms with Crippen LogP contribution in [0.5, 0.6) is 0 Å². The number of hydrogen-bond acceptors (Lipinski definition) is 4. The molecule has 0 saturated carbocycles. The largest absolute Gasteiger partial charge is 0.377 e. The second-order valence-electron chi connectivity index (χ2n) is 3.57. The van der Waals surface area contributed by atoms with Gasteiger partial charge in [-0.25, -0.2) is 0 Å². The number of nitro groups is 1. The lowest BCUT2D eigenvalue weighted by Gasteiger charge is -2.09. The zero-order chi connectivity index (χ0) is 12.7. The van der Waals surface area contributed by atoms with Gasteiger partial charge in [0.25, 0.3) is 5.69 Å². The molecule has 0 aliphatic carbocycles. The monoisotopic (exact) mass is 257 g/mol. The maximum absolute atomic E-state index is 10.8. The van der Waals surface area contributed by atoms with Crippen molar-refractivity contribution in [1.29, 1.82) is 0 Å². The van der Waals surface area contributed by atoms with Crippen molar-refractivity contribution in [1.82, 2.24) is 5.32 Å².